The lowest BCUT2D eigenvalue weighted by atomic mass is 10.1. The van der Waals surface area contributed by atoms with Gasteiger partial charge in [-0.15, -0.1) is 5.37 Å². The number of nitrogen functional groups attached to an aromatic ring is 1. The van der Waals surface area contributed by atoms with Gasteiger partial charge < -0.3 is 24.1 Å². The summed E-state index contributed by atoms with van der Waals surface area (Å²) in [6.45, 7) is 0.0841. The number of benzene rings is 2. The van der Waals surface area contributed by atoms with Crippen LogP contribution in [0.25, 0.3) is 11.3 Å². The Hall–Kier alpha value is -3.65. The molecular weight excluding hydrogens is 547 g/mol. The Kier molecular flexibility index (Phi) is 9.10. The van der Waals surface area contributed by atoms with Crippen molar-refractivity contribution in [3.8, 4) is 22.8 Å². The van der Waals surface area contributed by atoms with Crippen molar-refractivity contribution >= 4 is 39.1 Å². The molecule has 0 fully saturated rings. The molecular formula is C22H17ClF5N4O4S-. The molecule has 3 rings (SSSR count). The van der Waals surface area contributed by atoms with Gasteiger partial charge >= 0.3 is 12.1 Å². The van der Waals surface area contributed by atoms with E-state index < -0.39 is 34.3 Å². The second kappa shape index (κ2) is 12.1. The van der Waals surface area contributed by atoms with Gasteiger partial charge in [-0.2, -0.15) is 23.7 Å². The van der Waals surface area contributed by atoms with Gasteiger partial charge in [0.2, 0.25) is 5.28 Å². The first kappa shape index (κ1) is 27.9. The molecule has 0 aliphatic carbocycles. The van der Waals surface area contributed by atoms with Crippen LogP contribution in [0.4, 0.5) is 27.6 Å². The monoisotopic (exact) mass is 563 g/mol. The minimum absolute atomic E-state index is 0.0119. The highest BCUT2D eigenvalue weighted by Gasteiger charge is 2.36. The van der Waals surface area contributed by atoms with Gasteiger partial charge in [-0.05, 0) is 41.4 Å². The molecule has 0 spiro atoms. The number of hydrogen-bond donors (Lipinski definition) is 2. The van der Waals surface area contributed by atoms with E-state index in [4.69, 9.17) is 26.8 Å². The third kappa shape index (κ3) is 8.18. The Morgan fingerprint density at radius 3 is 2.59 bits per heavy atom. The first-order valence-corrected chi connectivity index (χ1v) is 11.8. The highest BCUT2D eigenvalue weighted by Crippen LogP contribution is 2.31. The Morgan fingerprint density at radius 1 is 1.14 bits per heavy atom. The lowest BCUT2D eigenvalue weighted by Crippen LogP contribution is -2.35. The normalized spacial score (nSPS) is 12.3. The molecule has 0 aliphatic rings. The molecule has 3 aromatic rings. The van der Waals surface area contributed by atoms with Crippen molar-refractivity contribution in [2.24, 2.45) is 0 Å². The molecule has 37 heavy (non-hydrogen) atoms. The fraction of sp³-hybridized carbons (Fsp3) is 0.182. The molecule has 198 valence electrons. The number of nitrogens with zero attached hydrogens (tertiary/aromatic N) is 2. The minimum atomic E-state index is -5.18. The Balaban J connectivity index is 1.61. The molecule has 0 unspecified atom stereocenters. The number of ether oxygens (including phenoxy) is 2. The van der Waals surface area contributed by atoms with E-state index in [1.807, 2.05) is 0 Å². The topological polar surface area (TPSA) is 116 Å². The van der Waals surface area contributed by atoms with Crippen LogP contribution in [-0.2, 0) is 19.6 Å². The van der Waals surface area contributed by atoms with Gasteiger partial charge in [-0.3, -0.25) is 4.79 Å². The molecule has 1 amide bonds. The van der Waals surface area contributed by atoms with Crippen LogP contribution >= 0.6 is 11.6 Å². The van der Waals surface area contributed by atoms with Crippen molar-refractivity contribution in [1.82, 2.24) is 14.7 Å². The molecule has 0 bridgehead atoms. The standard InChI is InChI=1S/C22H17ClF5N4O4S/c23-21-30-10-17(25)19(31-21)16-3-2-13(24)8-18(16)36-5-1-4-35-15-7-12(6-14(29)9-15)11-37(34)32-20(33)22(26,27)28/h2-3,6-11H,1,4-5,29H2,(H,32,33,34)/q-1. The van der Waals surface area contributed by atoms with Crippen molar-refractivity contribution < 1.29 is 40.4 Å². The number of rotatable bonds is 9. The minimum Gasteiger partial charge on any atom is -0.493 e. The van der Waals surface area contributed by atoms with E-state index in [1.54, 1.807) is 0 Å². The van der Waals surface area contributed by atoms with Crippen LogP contribution in [0.2, 0.25) is 5.28 Å². The molecule has 0 saturated carbocycles. The lowest BCUT2D eigenvalue weighted by Gasteiger charge is -2.13. The molecule has 2 aromatic carbocycles. The van der Waals surface area contributed by atoms with E-state index in [1.165, 1.54) is 29.0 Å². The number of halogens is 6. The van der Waals surface area contributed by atoms with E-state index in [0.29, 0.717) is 0 Å². The van der Waals surface area contributed by atoms with Gasteiger partial charge in [0.05, 0.1) is 19.4 Å². The summed E-state index contributed by atoms with van der Waals surface area (Å²) in [7, 11) is -2.47. The number of anilines is 1. The Morgan fingerprint density at radius 2 is 1.86 bits per heavy atom. The largest absolute Gasteiger partial charge is 0.493 e. The summed E-state index contributed by atoms with van der Waals surface area (Å²) in [5, 5.41) is 0.658. The Bertz CT molecular complexity index is 1380. The summed E-state index contributed by atoms with van der Waals surface area (Å²) < 4.78 is 89.0. The zero-order valence-electron chi connectivity index (χ0n) is 18.5. The quantitative estimate of drug-likeness (QED) is 0.100. The van der Waals surface area contributed by atoms with Crippen molar-refractivity contribution in [2.45, 2.75) is 12.6 Å². The second-order valence-electron chi connectivity index (χ2n) is 7.21. The number of hydrogen-bond acceptors (Lipinski definition) is 8. The summed E-state index contributed by atoms with van der Waals surface area (Å²) in [6, 6.07) is 7.54. The van der Waals surface area contributed by atoms with E-state index >= 15 is 0 Å². The maximum absolute atomic E-state index is 14.2. The van der Waals surface area contributed by atoms with E-state index in [9.17, 15) is 31.0 Å². The summed E-state index contributed by atoms with van der Waals surface area (Å²) in [4.78, 5) is 18.2. The fourth-order valence-electron chi connectivity index (χ4n) is 2.88. The van der Waals surface area contributed by atoms with Crippen LogP contribution in [0.3, 0.4) is 0 Å². The zero-order chi connectivity index (χ0) is 27.2. The molecule has 3 N–H and O–H groups in total. The average molecular weight is 564 g/mol. The number of amides is 1. The number of carbonyl (C=O) groups excluding carboxylic acids is 1. The zero-order valence-corrected chi connectivity index (χ0v) is 20.1. The number of nitrogens with two attached hydrogens (primary N) is 1. The molecule has 0 saturated heterocycles. The smallest absolute Gasteiger partial charge is 0.469 e. The second-order valence-corrected chi connectivity index (χ2v) is 8.58. The number of aromatic nitrogens is 2. The first-order chi connectivity index (χ1) is 17.4. The van der Waals surface area contributed by atoms with Crippen LogP contribution in [0, 0.1) is 11.6 Å². The number of nitrogens with one attached hydrogen (secondary N) is 1. The van der Waals surface area contributed by atoms with Crippen molar-refractivity contribution in [2.75, 3.05) is 18.9 Å². The lowest BCUT2D eigenvalue weighted by molar-refractivity contribution is -0.171. The van der Waals surface area contributed by atoms with Crippen LogP contribution in [0.15, 0.2) is 42.6 Å². The molecule has 0 radical (unpaired) electrons. The van der Waals surface area contributed by atoms with E-state index in [2.05, 4.69) is 9.97 Å². The van der Waals surface area contributed by atoms with Gasteiger partial charge in [-0.1, -0.05) is 0 Å². The summed E-state index contributed by atoms with van der Waals surface area (Å²) in [5.41, 5.74) is 6.04. The van der Waals surface area contributed by atoms with Gasteiger partial charge in [-0.25, -0.2) is 18.7 Å². The predicted octanol–water partition coefficient (Wildman–Crippen LogP) is 4.21. The summed E-state index contributed by atoms with van der Waals surface area (Å²) in [5.74, 6) is -3.54. The molecule has 1 aromatic heterocycles. The van der Waals surface area contributed by atoms with Gasteiger partial charge in [0.1, 0.15) is 23.0 Å². The van der Waals surface area contributed by atoms with Gasteiger partial charge in [0.15, 0.2) is 5.82 Å². The SMILES string of the molecule is Nc1cc(C=[S-](=O)NC(=O)C(F)(F)F)cc(OCCCOc2cc(F)ccc2-c2nc(Cl)ncc2F)c1. The van der Waals surface area contributed by atoms with Gasteiger partial charge in [0, 0.05) is 29.8 Å². The van der Waals surface area contributed by atoms with E-state index in [-0.39, 0.29) is 58.9 Å². The molecule has 1 heterocycles. The van der Waals surface area contributed by atoms with E-state index in [0.717, 1.165) is 23.7 Å². The third-order valence-electron chi connectivity index (χ3n) is 4.37. The Labute approximate surface area is 213 Å². The van der Waals surface area contributed by atoms with Crippen molar-refractivity contribution in [3.05, 3.63) is 65.1 Å². The molecule has 0 atom stereocenters. The maximum atomic E-state index is 14.2. The molecule has 0 aliphatic heterocycles. The van der Waals surface area contributed by atoms with Crippen LogP contribution < -0.4 is 19.9 Å². The highest BCUT2D eigenvalue weighted by molar-refractivity contribution is 7.82. The third-order valence-corrected chi connectivity index (χ3v) is 5.43. The van der Waals surface area contributed by atoms with Crippen molar-refractivity contribution in [3.63, 3.8) is 0 Å². The maximum Gasteiger partial charge on any atom is 0.469 e. The highest BCUT2D eigenvalue weighted by atomic mass is 35.5. The van der Waals surface area contributed by atoms with Crippen LogP contribution in [-0.4, -0.2) is 40.6 Å². The number of carbonyl (C=O) groups is 1. The van der Waals surface area contributed by atoms with Gasteiger partial charge in [0.25, 0.3) is 0 Å². The van der Waals surface area contributed by atoms with Crippen molar-refractivity contribution in [1.29, 1.82) is 0 Å². The van der Waals surface area contributed by atoms with Crippen LogP contribution in [0.5, 0.6) is 11.5 Å². The fourth-order valence-corrected chi connectivity index (χ4v) is 3.75. The van der Waals surface area contributed by atoms with Crippen LogP contribution in [0.1, 0.15) is 12.0 Å². The molecule has 15 heteroatoms. The first-order valence-electron chi connectivity index (χ1n) is 10.2. The predicted molar refractivity (Wildman–Crippen MR) is 126 cm³/mol. The summed E-state index contributed by atoms with van der Waals surface area (Å²) >= 11 is 5.73. The average Bonchev–Trinajstić information content (AvgIpc) is 2.79. The number of alkyl halides is 3. The summed E-state index contributed by atoms with van der Waals surface area (Å²) in [6.07, 6.45) is -4.04. The molecule has 8 nitrogen and oxygen atoms in total.